The van der Waals surface area contributed by atoms with Crippen molar-refractivity contribution in [3.05, 3.63) is 73.2 Å². The van der Waals surface area contributed by atoms with Crippen molar-refractivity contribution in [2.75, 3.05) is 6.61 Å². The Balaban J connectivity index is 1.34. The number of halogens is 4. The molecule has 7 nitrogen and oxygen atoms in total. The monoisotopic (exact) mass is 560 g/mol. The molecule has 0 radical (unpaired) electrons. The van der Waals surface area contributed by atoms with Gasteiger partial charge in [0.15, 0.2) is 5.65 Å². The van der Waals surface area contributed by atoms with Crippen LogP contribution >= 0.6 is 0 Å². The molecule has 0 bridgehead atoms. The molecule has 3 fully saturated rings. The van der Waals surface area contributed by atoms with Crippen molar-refractivity contribution in [1.29, 1.82) is 0 Å². The first-order valence-electron chi connectivity index (χ1n) is 13.9. The summed E-state index contributed by atoms with van der Waals surface area (Å²) in [5, 5.41) is 4.71. The first kappa shape index (κ1) is 27.1. The Labute approximate surface area is 228 Å². The van der Waals surface area contributed by atoms with Crippen molar-refractivity contribution in [3.8, 4) is 0 Å². The first-order chi connectivity index (χ1) is 18.9. The van der Waals surface area contributed by atoms with Gasteiger partial charge in [0.2, 0.25) is 5.92 Å². The standard InChI is InChI=1S/C29H32F4N4O3/c1-16-17(2)34-26-22(18-5-8-28(30,31)9-6-18)12-23(35-37(26)27(16)39)19-7-10-40-24(11-19)20-3-4-25(38)36(15-20)21-13-29(32,33)14-21/h3-4,12,15,18-19,21,24H,5-11,13-14H2,1-2H3/t19-,24+/m0/s1. The molecule has 2 saturated carbocycles. The smallest absolute Gasteiger partial charge is 0.277 e. The Morgan fingerprint density at radius 1 is 0.975 bits per heavy atom. The maximum atomic E-state index is 14.0. The Morgan fingerprint density at radius 2 is 1.70 bits per heavy atom. The van der Waals surface area contributed by atoms with E-state index in [2.05, 4.69) is 4.98 Å². The number of rotatable bonds is 4. The molecule has 11 heteroatoms. The molecule has 0 unspecified atom stereocenters. The quantitative estimate of drug-likeness (QED) is 0.379. The predicted octanol–water partition coefficient (Wildman–Crippen LogP) is 5.77. The molecule has 0 aromatic carbocycles. The van der Waals surface area contributed by atoms with Crippen LogP contribution in [0.25, 0.3) is 5.65 Å². The molecule has 1 aliphatic heterocycles. The van der Waals surface area contributed by atoms with Gasteiger partial charge in [0, 0.05) is 73.3 Å². The van der Waals surface area contributed by atoms with Gasteiger partial charge in [-0.3, -0.25) is 9.59 Å². The third kappa shape index (κ3) is 4.97. The van der Waals surface area contributed by atoms with Gasteiger partial charge in [0.25, 0.3) is 17.0 Å². The van der Waals surface area contributed by atoms with E-state index < -0.39 is 24.0 Å². The van der Waals surface area contributed by atoms with Crippen LogP contribution in [0.5, 0.6) is 0 Å². The molecule has 4 heterocycles. The largest absolute Gasteiger partial charge is 0.373 e. The van der Waals surface area contributed by atoms with Crippen LogP contribution in [0, 0.1) is 13.8 Å². The molecular formula is C29H32F4N4O3. The van der Waals surface area contributed by atoms with Gasteiger partial charge in [0.05, 0.1) is 11.8 Å². The molecule has 2 atom stereocenters. The molecule has 214 valence electrons. The number of aromatic nitrogens is 4. The highest BCUT2D eigenvalue weighted by atomic mass is 19.3. The van der Waals surface area contributed by atoms with E-state index in [4.69, 9.17) is 9.84 Å². The van der Waals surface area contributed by atoms with Crippen LogP contribution in [-0.2, 0) is 4.74 Å². The highest BCUT2D eigenvalue weighted by molar-refractivity contribution is 5.51. The summed E-state index contributed by atoms with van der Waals surface area (Å²) < 4.78 is 63.6. The number of hydrogen-bond acceptors (Lipinski definition) is 5. The minimum absolute atomic E-state index is 0.103. The lowest BCUT2D eigenvalue weighted by molar-refractivity contribution is -0.105. The van der Waals surface area contributed by atoms with Crippen molar-refractivity contribution in [3.63, 3.8) is 0 Å². The summed E-state index contributed by atoms with van der Waals surface area (Å²) in [5.74, 6) is -5.69. The third-order valence-electron chi connectivity index (χ3n) is 8.96. The topological polar surface area (TPSA) is 78.5 Å². The van der Waals surface area contributed by atoms with Crippen molar-refractivity contribution >= 4 is 5.65 Å². The Hall–Kier alpha value is -3.08. The number of alkyl halides is 4. The second kappa shape index (κ2) is 9.78. The summed E-state index contributed by atoms with van der Waals surface area (Å²) in [6.45, 7) is 3.86. The van der Waals surface area contributed by atoms with E-state index in [-0.39, 0.29) is 48.6 Å². The Morgan fingerprint density at radius 3 is 2.40 bits per heavy atom. The molecule has 3 aliphatic rings. The normalized spacial score (nSPS) is 25.1. The zero-order chi connectivity index (χ0) is 28.4. The molecule has 40 heavy (non-hydrogen) atoms. The molecule has 3 aromatic heterocycles. The fraction of sp³-hybridized carbons (Fsp3) is 0.586. The average molecular weight is 561 g/mol. The van der Waals surface area contributed by atoms with Crippen LogP contribution in [0.4, 0.5) is 17.6 Å². The number of nitrogens with zero attached hydrogens (tertiary/aromatic N) is 4. The second-order valence-electron chi connectivity index (χ2n) is 11.7. The van der Waals surface area contributed by atoms with E-state index >= 15 is 0 Å². The van der Waals surface area contributed by atoms with E-state index in [9.17, 15) is 27.2 Å². The van der Waals surface area contributed by atoms with Crippen LogP contribution in [-0.4, -0.2) is 37.6 Å². The molecular weight excluding hydrogens is 528 g/mol. The minimum Gasteiger partial charge on any atom is -0.373 e. The lowest BCUT2D eigenvalue weighted by atomic mass is 9.81. The van der Waals surface area contributed by atoms with Crippen molar-refractivity contribution in [2.45, 2.75) is 101 Å². The number of ether oxygens (including phenoxy) is 1. The summed E-state index contributed by atoms with van der Waals surface area (Å²) in [4.78, 5) is 30.3. The summed E-state index contributed by atoms with van der Waals surface area (Å²) in [6, 6.07) is 4.45. The average Bonchev–Trinajstić information content (AvgIpc) is 2.90. The lowest BCUT2D eigenvalue weighted by Crippen LogP contribution is -2.41. The van der Waals surface area contributed by atoms with Crippen molar-refractivity contribution < 1.29 is 22.3 Å². The molecule has 6 rings (SSSR count). The molecule has 2 aliphatic carbocycles. The Kier molecular flexibility index (Phi) is 6.63. The third-order valence-corrected chi connectivity index (χ3v) is 8.96. The maximum absolute atomic E-state index is 14.0. The van der Waals surface area contributed by atoms with Gasteiger partial charge >= 0.3 is 0 Å². The zero-order valence-electron chi connectivity index (χ0n) is 22.5. The van der Waals surface area contributed by atoms with Crippen LogP contribution in [0.15, 0.2) is 34.0 Å². The van der Waals surface area contributed by atoms with Gasteiger partial charge in [0.1, 0.15) is 0 Å². The van der Waals surface area contributed by atoms with Crippen LogP contribution in [0.1, 0.15) is 103 Å². The summed E-state index contributed by atoms with van der Waals surface area (Å²) in [5.41, 5.74) is 3.05. The minimum atomic E-state index is -2.75. The zero-order valence-corrected chi connectivity index (χ0v) is 22.5. The van der Waals surface area contributed by atoms with Gasteiger partial charge in [-0.2, -0.15) is 9.61 Å². The second-order valence-corrected chi connectivity index (χ2v) is 11.7. The van der Waals surface area contributed by atoms with Crippen LogP contribution < -0.4 is 11.1 Å². The van der Waals surface area contributed by atoms with Gasteiger partial charge in [-0.1, -0.05) is 0 Å². The lowest BCUT2D eigenvalue weighted by Gasteiger charge is -2.37. The van der Waals surface area contributed by atoms with E-state index in [1.807, 2.05) is 6.07 Å². The Bertz CT molecular complexity index is 1570. The molecule has 3 aromatic rings. The van der Waals surface area contributed by atoms with E-state index in [1.165, 1.54) is 15.1 Å². The highest BCUT2D eigenvalue weighted by Gasteiger charge is 2.46. The van der Waals surface area contributed by atoms with Gasteiger partial charge in [-0.05, 0) is 63.1 Å². The van der Waals surface area contributed by atoms with Gasteiger partial charge in [-0.15, -0.1) is 0 Å². The molecule has 0 amide bonds. The number of hydrogen-bond donors (Lipinski definition) is 0. The van der Waals surface area contributed by atoms with Crippen LogP contribution in [0.3, 0.4) is 0 Å². The fourth-order valence-corrected chi connectivity index (χ4v) is 6.32. The summed E-state index contributed by atoms with van der Waals surface area (Å²) in [6.07, 6.45) is 1.83. The number of pyridine rings is 1. The highest BCUT2D eigenvalue weighted by Crippen LogP contribution is 2.46. The molecule has 0 N–H and O–H groups in total. The molecule has 1 saturated heterocycles. The van der Waals surface area contributed by atoms with E-state index in [1.54, 1.807) is 26.1 Å². The maximum Gasteiger partial charge on any atom is 0.277 e. The van der Waals surface area contributed by atoms with E-state index in [0.717, 1.165) is 11.1 Å². The summed E-state index contributed by atoms with van der Waals surface area (Å²) >= 11 is 0. The summed E-state index contributed by atoms with van der Waals surface area (Å²) in [7, 11) is 0. The number of fused-ring (bicyclic) bond motifs is 1. The van der Waals surface area contributed by atoms with Gasteiger partial charge in [-0.25, -0.2) is 22.5 Å². The predicted molar refractivity (Wildman–Crippen MR) is 139 cm³/mol. The van der Waals surface area contributed by atoms with Crippen LogP contribution in [0.2, 0.25) is 0 Å². The fourth-order valence-electron chi connectivity index (χ4n) is 6.32. The van der Waals surface area contributed by atoms with Crippen molar-refractivity contribution in [2.24, 2.45) is 0 Å². The first-order valence-corrected chi connectivity index (χ1v) is 13.9. The van der Waals surface area contributed by atoms with Crippen molar-refractivity contribution in [1.82, 2.24) is 19.2 Å². The van der Waals surface area contributed by atoms with Gasteiger partial charge < -0.3 is 9.30 Å². The van der Waals surface area contributed by atoms with E-state index in [0.29, 0.717) is 54.9 Å². The SMILES string of the molecule is Cc1nc2c(C3CCC(F)(F)CC3)cc([C@H]3CCO[C@@H](c4ccc(=O)n(C5CC(F)(F)C5)c4)C3)nn2c(=O)c1C. The molecule has 0 spiro atoms. The number of aryl methyl sites for hydroxylation is 1.